The van der Waals surface area contributed by atoms with Gasteiger partial charge in [0.2, 0.25) is 17.7 Å². The molecule has 3 amide bonds. The first kappa shape index (κ1) is 28.4. The van der Waals surface area contributed by atoms with Crippen molar-refractivity contribution in [3.63, 3.8) is 0 Å². The lowest BCUT2D eigenvalue weighted by Crippen LogP contribution is -2.59. The summed E-state index contributed by atoms with van der Waals surface area (Å²) in [6.07, 6.45) is 6.68. The second-order valence-corrected chi connectivity index (χ2v) is 13.3. The van der Waals surface area contributed by atoms with E-state index < -0.39 is 17.5 Å². The number of carbonyl (C=O) groups is 3. The summed E-state index contributed by atoms with van der Waals surface area (Å²) in [7, 11) is 1.73. The molecule has 1 saturated carbocycles. The molecule has 2 aliphatic heterocycles. The Bertz CT molecular complexity index is 1490. The number of likely N-dealkylation sites (N-methyl/N-ethyl adjacent to an activating group) is 1. The maximum absolute atomic E-state index is 14.4. The van der Waals surface area contributed by atoms with Crippen LogP contribution >= 0.6 is 0 Å². The summed E-state index contributed by atoms with van der Waals surface area (Å²) in [5.74, 6) is -0.112. The largest absolute Gasteiger partial charge is 0.342 e. The van der Waals surface area contributed by atoms with E-state index in [-0.39, 0.29) is 41.6 Å². The van der Waals surface area contributed by atoms with Crippen molar-refractivity contribution < 1.29 is 14.4 Å². The quantitative estimate of drug-likeness (QED) is 0.454. The second-order valence-electron chi connectivity index (χ2n) is 13.3. The van der Waals surface area contributed by atoms with Gasteiger partial charge in [-0.2, -0.15) is 0 Å². The minimum atomic E-state index is -0.695. The van der Waals surface area contributed by atoms with Crippen LogP contribution in [0.4, 0.5) is 0 Å². The second kappa shape index (κ2) is 10.8. The number of hydrogen-bond donors (Lipinski definition) is 2. The molecule has 4 heterocycles. The minimum absolute atomic E-state index is 0.0574. The topological polar surface area (TPSA) is 99.1 Å². The number of likely N-dealkylation sites (tertiary alicyclic amines) is 2. The van der Waals surface area contributed by atoms with Gasteiger partial charge in [-0.15, -0.1) is 0 Å². The van der Waals surface area contributed by atoms with Crippen molar-refractivity contribution in [3.8, 4) is 11.1 Å². The van der Waals surface area contributed by atoms with Crippen LogP contribution in [0, 0.1) is 11.3 Å². The van der Waals surface area contributed by atoms with E-state index in [2.05, 4.69) is 39.4 Å². The molecule has 3 aliphatic rings. The van der Waals surface area contributed by atoms with E-state index in [0.29, 0.717) is 13.1 Å². The lowest BCUT2D eigenvalue weighted by molar-refractivity contribution is -0.141. The maximum Gasteiger partial charge on any atom is 0.246 e. The first-order chi connectivity index (χ1) is 20.1. The van der Waals surface area contributed by atoms with Crippen molar-refractivity contribution in [1.29, 1.82) is 0 Å². The van der Waals surface area contributed by atoms with Gasteiger partial charge in [-0.3, -0.25) is 14.4 Å². The molecule has 0 unspecified atom stereocenters. The van der Waals surface area contributed by atoms with Crippen LogP contribution in [0.3, 0.4) is 0 Å². The molecule has 42 heavy (non-hydrogen) atoms. The average molecular weight is 571 g/mol. The molecule has 222 valence electrons. The Balaban J connectivity index is 1.37. The lowest BCUT2D eigenvalue weighted by atomic mass is 9.85. The van der Waals surface area contributed by atoms with E-state index in [1.807, 2.05) is 61.0 Å². The molecule has 2 aromatic heterocycles. The molecule has 3 fully saturated rings. The third-order valence-electron chi connectivity index (χ3n) is 9.31. The van der Waals surface area contributed by atoms with Crippen LogP contribution in [0.5, 0.6) is 0 Å². The summed E-state index contributed by atoms with van der Waals surface area (Å²) < 4.78 is 2.05. The molecule has 1 aliphatic carbocycles. The minimum Gasteiger partial charge on any atom is -0.342 e. The molecule has 2 saturated heterocycles. The van der Waals surface area contributed by atoms with E-state index >= 15 is 0 Å². The Labute approximate surface area is 247 Å². The SMILES string of the molecule is CN[C@@H](C)C(=O)N[C@H](C(=O)N1CC[C@@H]2[C@H]1[C@@H](c1cn3cccc(-c4ccccc4)c3n1)CN2C(=O)C1CC1)C(C)(C)C. The molecule has 0 spiro atoms. The van der Waals surface area contributed by atoms with Crippen molar-refractivity contribution >= 4 is 23.4 Å². The number of pyridine rings is 1. The summed E-state index contributed by atoms with van der Waals surface area (Å²) in [6.45, 7) is 8.82. The van der Waals surface area contributed by atoms with E-state index in [4.69, 9.17) is 4.98 Å². The van der Waals surface area contributed by atoms with Gasteiger partial charge in [0, 0.05) is 42.9 Å². The summed E-state index contributed by atoms with van der Waals surface area (Å²) in [6, 6.07) is 12.9. The van der Waals surface area contributed by atoms with Crippen LogP contribution in [0.2, 0.25) is 0 Å². The van der Waals surface area contributed by atoms with Gasteiger partial charge in [0.1, 0.15) is 11.7 Å². The Morgan fingerprint density at radius 3 is 2.40 bits per heavy atom. The third kappa shape index (κ3) is 5.08. The molecule has 0 radical (unpaired) electrons. The van der Waals surface area contributed by atoms with E-state index in [1.165, 1.54) is 0 Å². The number of fused-ring (bicyclic) bond motifs is 2. The predicted octanol–water partition coefficient (Wildman–Crippen LogP) is 3.45. The van der Waals surface area contributed by atoms with Crippen molar-refractivity contribution in [2.75, 3.05) is 20.1 Å². The van der Waals surface area contributed by atoms with Crippen molar-refractivity contribution in [3.05, 3.63) is 60.6 Å². The zero-order chi connectivity index (χ0) is 29.8. The number of imidazole rings is 1. The predicted molar refractivity (Wildman–Crippen MR) is 162 cm³/mol. The van der Waals surface area contributed by atoms with Gasteiger partial charge in [0.05, 0.1) is 23.8 Å². The van der Waals surface area contributed by atoms with Crippen LogP contribution in [-0.4, -0.2) is 81.2 Å². The van der Waals surface area contributed by atoms with E-state index in [9.17, 15) is 14.4 Å². The van der Waals surface area contributed by atoms with Gasteiger partial charge in [0.15, 0.2) is 0 Å². The Morgan fingerprint density at radius 2 is 1.74 bits per heavy atom. The Hall–Kier alpha value is -3.72. The summed E-state index contributed by atoms with van der Waals surface area (Å²) >= 11 is 0. The first-order valence-corrected chi connectivity index (χ1v) is 15.2. The molecule has 3 aromatic rings. The fourth-order valence-electron chi connectivity index (χ4n) is 6.69. The molecular formula is C33H42N6O3. The fraction of sp³-hybridized carbons (Fsp3) is 0.515. The number of benzene rings is 1. The van der Waals surface area contributed by atoms with Crippen molar-refractivity contribution in [2.45, 2.75) is 77.0 Å². The average Bonchev–Trinajstić information content (AvgIpc) is 3.42. The summed E-state index contributed by atoms with van der Waals surface area (Å²) in [4.78, 5) is 49.9. The van der Waals surface area contributed by atoms with Crippen LogP contribution < -0.4 is 10.6 Å². The lowest BCUT2D eigenvalue weighted by Gasteiger charge is -2.37. The van der Waals surface area contributed by atoms with Crippen LogP contribution in [0.15, 0.2) is 54.9 Å². The number of nitrogens with zero attached hydrogens (tertiary/aromatic N) is 4. The molecule has 9 nitrogen and oxygen atoms in total. The highest BCUT2D eigenvalue weighted by Gasteiger charge is 2.55. The molecule has 6 rings (SSSR count). The monoisotopic (exact) mass is 570 g/mol. The highest BCUT2D eigenvalue weighted by molar-refractivity contribution is 5.91. The van der Waals surface area contributed by atoms with Gasteiger partial charge in [-0.05, 0) is 56.3 Å². The zero-order valence-corrected chi connectivity index (χ0v) is 25.2. The first-order valence-electron chi connectivity index (χ1n) is 15.2. The number of nitrogens with one attached hydrogen (secondary N) is 2. The molecule has 0 bridgehead atoms. The standard InChI is InChI=1S/C33H42N6O3/c1-20(34-5)30(40)36-28(33(2,3)4)32(42)38-17-15-26-27(38)24(18-39(26)31(41)22-13-14-22)25-19-37-16-9-12-23(29(37)35-25)21-10-7-6-8-11-21/h6-12,16,19-20,22,24,26-28,34H,13-15,17-18H2,1-5H3,(H,36,40)/t20-,24+,26+,27+,28+/m0/s1. The molecule has 5 atom stereocenters. The summed E-state index contributed by atoms with van der Waals surface area (Å²) in [5, 5.41) is 6.00. The Kier molecular flexibility index (Phi) is 7.33. The molecule has 1 aromatic carbocycles. The van der Waals surface area contributed by atoms with Crippen LogP contribution in [-0.2, 0) is 14.4 Å². The highest BCUT2D eigenvalue weighted by Crippen LogP contribution is 2.44. The van der Waals surface area contributed by atoms with Gasteiger partial charge in [-0.1, -0.05) is 51.1 Å². The van der Waals surface area contributed by atoms with Gasteiger partial charge in [0.25, 0.3) is 0 Å². The maximum atomic E-state index is 14.4. The number of amides is 3. The van der Waals surface area contributed by atoms with Gasteiger partial charge < -0.3 is 24.8 Å². The molecular weight excluding hydrogens is 528 g/mol. The fourth-order valence-corrected chi connectivity index (χ4v) is 6.69. The number of rotatable bonds is 7. The molecule has 9 heteroatoms. The van der Waals surface area contributed by atoms with Gasteiger partial charge in [-0.25, -0.2) is 4.98 Å². The number of carbonyl (C=O) groups excluding carboxylic acids is 3. The number of aromatic nitrogens is 2. The normalized spacial score (nSPS) is 23.6. The Morgan fingerprint density at radius 1 is 1.00 bits per heavy atom. The summed E-state index contributed by atoms with van der Waals surface area (Å²) in [5.41, 5.74) is 3.38. The van der Waals surface area contributed by atoms with Crippen molar-refractivity contribution in [1.82, 2.24) is 29.8 Å². The smallest absolute Gasteiger partial charge is 0.246 e. The third-order valence-corrected chi connectivity index (χ3v) is 9.31. The van der Waals surface area contributed by atoms with Crippen LogP contribution in [0.1, 0.15) is 58.6 Å². The zero-order valence-electron chi connectivity index (χ0n) is 25.2. The van der Waals surface area contributed by atoms with E-state index in [1.54, 1.807) is 14.0 Å². The van der Waals surface area contributed by atoms with Crippen LogP contribution in [0.25, 0.3) is 16.8 Å². The van der Waals surface area contributed by atoms with Crippen molar-refractivity contribution in [2.24, 2.45) is 11.3 Å². The number of hydrogen-bond acceptors (Lipinski definition) is 5. The highest BCUT2D eigenvalue weighted by atomic mass is 16.2. The van der Waals surface area contributed by atoms with E-state index in [0.717, 1.165) is 41.7 Å². The van der Waals surface area contributed by atoms with Gasteiger partial charge >= 0.3 is 0 Å². The molecule has 2 N–H and O–H groups in total.